The number of halogens is 1. The largest absolute Gasteiger partial charge is 0.497 e. The van der Waals surface area contributed by atoms with E-state index in [0.717, 1.165) is 24.0 Å². The molecular formula is C22H23FN2O4. The average molecular weight is 398 g/mol. The fourth-order valence-electron chi connectivity index (χ4n) is 4.15. The third-order valence-electron chi connectivity index (χ3n) is 5.63. The summed E-state index contributed by atoms with van der Waals surface area (Å²) in [5.74, 6) is 0.208. The van der Waals surface area contributed by atoms with Gasteiger partial charge in [-0.25, -0.2) is 4.39 Å². The first-order valence-electron chi connectivity index (χ1n) is 9.67. The number of nitrogens with one attached hydrogen (secondary N) is 1. The molecule has 0 aliphatic carbocycles. The summed E-state index contributed by atoms with van der Waals surface area (Å²) in [5.41, 5.74) is 2.15. The lowest BCUT2D eigenvalue weighted by molar-refractivity contribution is -0.116. The van der Waals surface area contributed by atoms with Crippen molar-refractivity contribution in [3.63, 3.8) is 0 Å². The minimum Gasteiger partial charge on any atom is -0.497 e. The third kappa shape index (κ3) is 3.52. The van der Waals surface area contributed by atoms with Crippen LogP contribution in [0, 0.1) is 5.82 Å². The quantitative estimate of drug-likeness (QED) is 0.853. The molecule has 152 valence electrons. The van der Waals surface area contributed by atoms with Crippen LogP contribution in [0.25, 0.3) is 0 Å². The van der Waals surface area contributed by atoms with Crippen molar-refractivity contribution in [1.82, 2.24) is 4.90 Å². The van der Waals surface area contributed by atoms with Crippen LogP contribution in [0.1, 0.15) is 46.8 Å². The fourth-order valence-corrected chi connectivity index (χ4v) is 4.15. The van der Waals surface area contributed by atoms with Crippen molar-refractivity contribution in [3.05, 3.63) is 52.8 Å². The Bertz CT molecular complexity index is 976. The fraction of sp³-hybridized carbons (Fsp3) is 0.364. The number of fused-ring (bicyclic) bond motifs is 1. The number of methoxy groups -OCH3 is 2. The molecule has 0 spiro atoms. The summed E-state index contributed by atoms with van der Waals surface area (Å²) in [6.07, 6.45) is 2.43. The molecule has 1 fully saturated rings. The second kappa shape index (κ2) is 7.73. The van der Waals surface area contributed by atoms with Gasteiger partial charge >= 0.3 is 0 Å². The maximum absolute atomic E-state index is 14.7. The summed E-state index contributed by atoms with van der Waals surface area (Å²) in [6.45, 7) is 0.548. The molecule has 1 N–H and O–H groups in total. The summed E-state index contributed by atoms with van der Waals surface area (Å²) in [5, 5.41) is 2.66. The SMILES string of the molecule is COc1ccc(C2CCCN2C(=O)c2cc3c(cc2F)NC(=O)CC3)c(OC)c1. The summed E-state index contributed by atoms with van der Waals surface area (Å²) in [4.78, 5) is 26.5. The van der Waals surface area contributed by atoms with Gasteiger partial charge in [-0.1, -0.05) is 0 Å². The number of likely N-dealkylation sites (tertiary alicyclic amines) is 1. The molecule has 4 rings (SSSR count). The van der Waals surface area contributed by atoms with Gasteiger partial charge in [-0.15, -0.1) is 0 Å². The Morgan fingerprint density at radius 2 is 2.00 bits per heavy atom. The number of anilines is 1. The molecule has 0 radical (unpaired) electrons. The second-order valence-electron chi connectivity index (χ2n) is 7.30. The van der Waals surface area contributed by atoms with E-state index in [4.69, 9.17) is 9.47 Å². The first-order valence-corrected chi connectivity index (χ1v) is 9.67. The summed E-state index contributed by atoms with van der Waals surface area (Å²) < 4.78 is 25.5. The molecule has 6 nitrogen and oxygen atoms in total. The van der Waals surface area contributed by atoms with Crippen LogP contribution < -0.4 is 14.8 Å². The molecule has 29 heavy (non-hydrogen) atoms. The van der Waals surface area contributed by atoms with Gasteiger partial charge in [0.15, 0.2) is 0 Å². The molecule has 1 atom stereocenters. The van der Waals surface area contributed by atoms with E-state index in [-0.39, 0.29) is 23.4 Å². The average Bonchev–Trinajstić information content (AvgIpc) is 3.21. The normalized spacial score (nSPS) is 18.2. The molecule has 2 amide bonds. The Labute approximate surface area is 168 Å². The summed E-state index contributed by atoms with van der Waals surface area (Å²) >= 11 is 0. The van der Waals surface area contributed by atoms with Crippen molar-refractivity contribution >= 4 is 17.5 Å². The van der Waals surface area contributed by atoms with Crippen molar-refractivity contribution in [3.8, 4) is 11.5 Å². The van der Waals surface area contributed by atoms with Gasteiger partial charge in [-0.05, 0) is 49.1 Å². The highest BCUT2D eigenvalue weighted by Crippen LogP contribution is 2.40. The minimum atomic E-state index is -0.622. The smallest absolute Gasteiger partial charge is 0.257 e. The van der Waals surface area contributed by atoms with Gasteiger partial charge in [0.1, 0.15) is 17.3 Å². The summed E-state index contributed by atoms with van der Waals surface area (Å²) in [7, 11) is 3.16. The summed E-state index contributed by atoms with van der Waals surface area (Å²) in [6, 6.07) is 8.15. The van der Waals surface area contributed by atoms with Gasteiger partial charge in [-0.3, -0.25) is 9.59 Å². The molecule has 1 unspecified atom stereocenters. The number of carbonyl (C=O) groups is 2. The van der Waals surface area contributed by atoms with Crippen molar-refractivity contribution in [2.75, 3.05) is 26.1 Å². The molecule has 2 aromatic rings. The van der Waals surface area contributed by atoms with Crippen molar-refractivity contribution in [2.45, 2.75) is 31.7 Å². The van der Waals surface area contributed by atoms with Crippen LogP contribution in [0.4, 0.5) is 10.1 Å². The highest BCUT2D eigenvalue weighted by Gasteiger charge is 2.34. The monoisotopic (exact) mass is 398 g/mol. The highest BCUT2D eigenvalue weighted by atomic mass is 19.1. The molecule has 7 heteroatoms. The van der Waals surface area contributed by atoms with Gasteiger partial charge in [-0.2, -0.15) is 0 Å². The zero-order valence-electron chi connectivity index (χ0n) is 16.5. The predicted octanol–water partition coefficient (Wildman–Crippen LogP) is 3.70. The lowest BCUT2D eigenvalue weighted by atomic mass is 9.98. The molecule has 2 heterocycles. The van der Waals surface area contributed by atoms with Crippen LogP contribution in [-0.2, 0) is 11.2 Å². The van der Waals surface area contributed by atoms with Crippen LogP contribution in [0.2, 0.25) is 0 Å². The van der Waals surface area contributed by atoms with E-state index < -0.39 is 5.82 Å². The molecular weight excluding hydrogens is 375 g/mol. The van der Waals surface area contributed by atoms with Crippen molar-refractivity contribution in [2.24, 2.45) is 0 Å². The van der Waals surface area contributed by atoms with Crippen LogP contribution >= 0.6 is 0 Å². The number of rotatable bonds is 4. The molecule has 0 aromatic heterocycles. The van der Waals surface area contributed by atoms with E-state index in [2.05, 4.69) is 5.32 Å². The predicted molar refractivity (Wildman–Crippen MR) is 106 cm³/mol. The third-order valence-corrected chi connectivity index (χ3v) is 5.63. The van der Waals surface area contributed by atoms with Crippen LogP contribution in [0.3, 0.4) is 0 Å². The van der Waals surface area contributed by atoms with Crippen molar-refractivity contribution in [1.29, 1.82) is 0 Å². The topological polar surface area (TPSA) is 67.9 Å². The molecule has 2 aromatic carbocycles. The number of carbonyl (C=O) groups excluding carboxylic acids is 2. The number of benzene rings is 2. The van der Waals surface area contributed by atoms with Gasteiger partial charge in [0.2, 0.25) is 5.91 Å². The first-order chi connectivity index (χ1) is 14.0. The Morgan fingerprint density at radius 3 is 2.76 bits per heavy atom. The van der Waals surface area contributed by atoms with Crippen LogP contribution in [0.15, 0.2) is 30.3 Å². The Kier molecular flexibility index (Phi) is 5.13. The number of aryl methyl sites for hydroxylation is 1. The molecule has 0 bridgehead atoms. The zero-order chi connectivity index (χ0) is 20.5. The minimum absolute atomic E-state index is 0.0410. The van der Waals surface area contributed by atoms with Crippen LogP contribution in [0.5, 0.6) is 11.5 Å². The number of hydrogen-bond acceptors (Lipinski definition) is 4. The maximum atomic E-state index is 14.7. The second-order valence-corrected chi connectivity index (χ2v) is 7.30. The first kappa shape index (κ1) is 19.2. The van der Waals surface area contributed by atoms with E-state index in [0.29, 0.717) is 36.6 Å². The molecule has 2 aliphatic rings. The molecule has 2 aliphatic heterocycles. The van der Waals surface area contributed by atoms with E-state index in [1.165, 1.54) is 6.07 Å². The molecule has 1 saturated heterocycles. The van der Waals surface area contributed by atoms with Gasteiger partial charge in [0.25, 0.3) is 5.91 Å². The number of nitrogens with zero attached hydrogens (tertiary/aromatic N) is 1. The highest BCUT2D eigenvalue weighted by molar-refractivity contribution is 5.98. The van der Waals surface area contributed by atoms with Gasteiger partial charge in [0.05, 0.1) is 25.8 Å². The Hall–Kier alpha value is -3.09. The van der Waals surface area contributed by atoms with Crippen molar-refractivity contribution < 1.29 is 23.5 Å². The van der Waals surface area contributed by atoms with Crippen LogP contribution in [-0.4, -0.2) is 37.5 Å². The lowest BCUT2D eigenvalue weighted by Crippen LogP contribution is -2.32. The van der Waals surface area contributed by atoms with E-state index in [1.54, 1.807) is 31.3 Å². The number of amides is 2. The van der Waals surface area contributed by atoms with E-state index in [1.807, 2.05) is 12.1 Å². The standard InChI is InChI=1S/C22H23FN2O4/c1-28-14-6-7-15(20(11-14)29-2)19-4-3-9-25(19)22(27)16-10-13-5-8-21(26)24-18(13)12-17(16)23/h6-7,10-12,19H,3-5,8-9H2,1-2H3,(H,24,26). The van der Waals surface area contributed by atoms with Gasteiger partial charge in [0, 0.05) is 30.3 Å². The van der Waals surface area contributed by atoms with E-state index in [9.17, 15) is 14.0 Å². The Balaban J connectivity index is 1.66. The van der Waals surface area contributed by atoms with Gasteiger partial charge < -0.3 is 19.7 Å². The lowest BCUT2D eigenvalue weighted by Gasteiger charge is -2.27. The molecule has 0 saturated carbocycles. The van der Waals surface area contributed by atoms with E-state index >= 15 is 0 Å². The number of hydrogen-bond donors (Lipinski definition) is 1. The number of ether oxygens (including phenoxy) is 2. The Morgan fingerprint density at radius 1 is 1.17 bits per heavy atom. The zero-order valence-corrected chi connectivity index (χ0v) is 16.5. The maximum Gasteiger partial charge on any atom is 0.257 e.